The maximum absolute atomic E-state index is 15.7. The van der Waals surface area contributed by atoms with E-state index in [0.29, 0.717) is 28.4 Å². The predicted octanol–water partition coefficient (Wildman–Crippen LogP) is 8.03. The molecule has 0 saturated carbocycles. The molecule has 0 saturated heterocycles. The fraction of sp³-hybridized carbons (Fsp3) is 0.0541. The van der Waals surface area contributed by atoms with Crippen molar-refractivity contribution in [2.75, 3.05) is 0 Å². The minimum absolute atomic E-state index is 0. The molecule has 0 atom stereocenters. The van der Waals surface area contributed by atoms with Gasteiger partial charge in [0.05, 0.1) is 5.56 Å². The number of nitrogens with zero attached hydrogens (tertiary/aromatic N) is 7. The standard InChI is InChI=1S/C37H24FN7O.Pt/c1-23-10-12-25(13-11-23)34-35(37-41-21-39-22-42-37)45(43-36(34)38)26-6-5-7-27(19-26)46-28-14-15-30-29-8-3-4-9-31(29)44(32(30)20-28)33-18-24(2)16-17-40-33;/h3-18,21-22H,1-2H3;/q-2;+2. The van der Waals surface area contributed by atoms with Crippen LogP contribution in [0.3, 0.4) is 0 Å². The second kappa shape index (κ2) is 12.3. The fourth-order valence-electron chi connectivity index (χ4n) is 5.66. The van der Waals surface area contributed by atoms with Crippen molar-refractivity contribution in [3.63, 3.8) is 0 Å². The van der Waals surface area contributed by atoms with Crippen molar-refractivity contribution in [1.82, 2.24) is 34.3 Å². The number of hydrogen-bond donors (Lipinski definition) is 0. The van der Waals surface area contributed by atoms with Gasteiger partial charge in [-0.3, -0.25) is 4.68 Å². The van der Waals surface area contributed by atoms with Gasteiger partial charge in [0.25, 0.3) is 0 Å². The number of ether oxygens (including phenoxy) is 1. The van der Waals surface area contributed by atoms with E-state index >= 15 is 4.39 Å². The van der Waals surface area contributed by atoms with Gasteiger partial charge in [0.1, 0.15) is 24.2 Å². The maximum Gasteiger partial charge on any atom is 2.00 e. The van der Waals surface area contributed by atoms with Crippen molar-refractivity contribution in [1.29, 1.82) is 0 Å². The van der Waals surface area contributed by atoms with Crippen LogP contribution >= 0.6 is 0 Å². The van der Waals surface area contributed by atoms with Gasteiger partial charge >= 0.3 is 21.1 Å². The molecule has 8 aromatic rings. The average molecular weight is 797 g/mol. The normalized spacial score (nSPS) is 11.1. The number of halogens is 1. The summed E-state index contributed by atoms with van der Waals surface area (Å²) in [7, 11) is 0. The van der Waals surface area contributed by atoms with E-state index in [4.69, 9.17) is 4.74 Å². The molecule has 230 valence electrons. The second-order valence-corrected chi connectivity index (χ2v) is 10.9. The van der Waals surface area contributed by atoms with Gasteiger partial charge in [-0.1, -0.05) is 53.5 Å². The number of pyridine rings is 1. The van der Waals surface area contributed by atoms with Crippen LogP contribution in [0.1, 0.15) is 11.1 Å². The van der Waals surface area contributed by atoms with Crippen LogP contribution in [0.25, 0.3) is 56.0 Å². The van der Waals surface area contributed by atoms with Crippen molar-refractivity contribution < 1.29 is 30.2 Å². The molecule has 0 amide bonds. The van der Waals surface area contributed by atoms with Gasteiger partial charge < -0.3 is 9.30 Å². The largest absolute Gasteiger partial charge is 2.00 e. The molecule has 10 heteroatoms. The number of benzene rings is 4. The van der Waals surface area contributed by atoms with Crippen LogP contribution in [0.5, 0.6) is 11.5 Å². The third kappa shape index (κ3) is 5.49. The van der Waals surface area contributed by atoms with Gasteiger partial charge in [-0.15, -0.1) is 40.8 Å². The number of hydrogen-bond acceptors (Lipinski definition) is 6. The molecule has 0 aliphatic carbocycles. The van der Waals surface area contributed by atoms with E-state index in [1.165, 1.54) is 17.3 Å². The summed E-state index contributed by atoms with van der Waals surface area (Å²) in [6.45, 7) is 4.02. The summed E-state index contributed by atoms with van der Waals surface area (Å²) in [5, 5.41) is 6.39. The number of fused-ring (bicyclic) bond motifs is 3. The van der Waals surface area contributed by atoms with E-state index in [-0.39, 0.29) is 32.5 Å². The van der Waals surface area contributed by atoms with Gasteiger partial charge in [0.2, 0.25) is 5.95 Å². The molecule has 0 aliphatic heterocycles. The molecule has 8 rings (SSSR count). The Labute approximate surface area is 283 Å². The Morgan fingerprint density at radius 1 is 0.745 bits per heavy atom. The monoisotopic (exact) mass is 796 g/mol. The zero-order chi connectivity index (χ0) is 31.2. The summed E-state index contributed by atoms with van der Waals surface area (Å²) in [5.74, 6) is 1.30. The van der Waals surface area contributed by atoms with E-state index in [0.717, 1.165) is 38.8 Å². The predicted molar refractivity (Wildman–Crippen MR) is 174 cm³/mol. The first kappa shape index (κ1) is 30.1. The van der Waals surface area contributed by atoms with Crippen LogP contribution < -0.4 is 4.74 Å². The molecule has 0 spiro atoms. The molecule has 0 fully saturated rings. The molecule has 0 aliphatic rings. The summed E-state index contributed by atoms with van der Waals surface area (Å²) in [6.07, 6.45) is 4.55. The SMILES string of the molecule is Cc1ccc(-c2c(F)nn(-c3[c-]c(Oc4[c-]c5c(cc4)c4ccccc4n5-c4cc(C)ccn4)ccc3)c2-c2ncncn2)cc1.[Pt+2]. The fourth-order valence-corrected chi connectivity index (χ4v) is 5.66. The Morgan fingerprint density at radius 2 is 1.53 bits per heavy atom. The molecule has 4 aromatic carbocycles. The van der Waals surface area contributed by atoms with Crippen molar-refractivity contribution in [2.45, 2.75) is 13.8 Å². The number of aryl methyl sites for hydroxylation is 2. The van der Waals surface area contributed by atoms with Gasteiger partial charge in [0, 0.05) is 23.2 Å². The zero-order valence-electron chi connectivity index (χ0n) is 25.1. The van der Waals surface area contributed by atoms with Gasteiger partial charge in [-0.25, -0.2) is 19.9 Å². The van der Waals surface area contributed by atoms with E-state index in [1.807, 2.05) is 74.5 Å². The molecule has 4 aromatic heterocycles. The third-order valence-electron chi connectivity index (χ3n) is 7.78. The number of para-hydroxylation sites is 1. The van der Waals surface area contributed by atoms with Gasteiger partial charge in [-0.2, -0.15) is 16.5 Å². The average Bonchev–Trinajstić information content (AvgIpc) is 3.60. The molecule has 0 N–H and O–H groups in total. The van der Waals surface area contributed by atoms with Crippen molar-refractivity contribution in [3.05, 3.63) is 139 Å². The van der Waals surface area contributed by atoms with Crippen LogP contribution in [0.15, 0.2) is 110 Å². The van der Waals surface area contributed by atoms with Crippen LogP contribution in [-0.2, 0) is 21.1 Å². The smallest absolute Gasteiger partial charge is 0.509 e. The van der Waals surface area contributed by atoms with Crippen molar-refractivity contribution in [2.24, 2.45) is 0 Å². The Kier molecular flexibility index (Phi) is 7.91. The van der Waals surface area contributed by atoms with Gasteiger partial charge in [0.15, 0.2) is 5.82 Å². The summed E-state index contributed by atoms with van der Waals surface area (Å²) >= 11 is 0. The van der Waals surface area contributed by atoms with Crippen LogP contribution in [0.4, 0.5) is 4.39 Å². The summed E-state index contributed by atoms with van der Waals surface area (Å²) in [6, 6.07) is 35.7. The van der Waals surface area contributed by atoms with E-state index < -0.39 is 5.95 Å². The Hall–Kier alpha value is -5.53. The third-order valence-corrected chi connectivity index (χ3v) is 7.78. The molecule has 47 heavy (non-hydrogen) atoms. The Balaban J connectivity index is 0.00000351. The summed E-state index contributed by atoms with van der Waals surface area (Å²) in [5.41, 5.74) is 5.77. The molecule has 4 heterocycles. The Bertz CT molecular complexity index is 2390. The van der Waals surface area contributed by atoms with E-state index in [2.05, 4.69) is 53.9 Å². The van der Waals surface area contributed by atoms with Gasteiger partial charge in [-0.05, 0) is 54.2 Å². The van der Waals surface area contributed by atoms with Crippen molar-refractivity contribution in [3.8, 4) is 45.6 Å². The molecular weight excluding hydrogens is 773 g/mol. The molecule has 8 nitrogen and oxygen atoms in total. The first-order valence-corrected chi connectivity index (χ1v) is 14.6. The molecule has 0 unspecified atom stereocenters. The number of rotatable bonds is 6. The maximum atomic E-state index is 15.7. The van der Waals surface area contributed by atoms with E-state index in [9.17, 15) is 0 Å². The topological polar surface area (TPSA) is 83.5 Å². The molecular formula is C37H24FN7OPt. The van der Waals surface area contributed by atoms with Crippen LogP contribution in [0.2, 0.25) is 0 Å². The van der Waals surface area contributed by atoms with Crippen LogP contribution in [-0.4, -0.2) is 34.3 Å². The zero-order valence-corrected chi connectivity index (χ0v) is 27.4. The van der Waals surface area contributed by atoms with Crippen molar-refractivity contribution >= 4 is 21.8 Å². The number of aromatic nitrogens is 7. The molecule has 0 bridgehead atoms. The quantitative estimate of drug-likeness (QED) is 0.159. The van der Waals surface area contributed by atoms with Crippen LogP contribution in [0, 0.1) is 31.9 Å². The summed E-state index contributed by atoms with van der Waals surface area (Å²) < 4.78 is 25.5. The Morgan fingerprint density at radius 3 is 2.34 bits per heavy atom. The minimum Gasteiger partial charge on any atom is -0.509 e. The van der Waals surface area contributed by atoms with E-state index in [1.54, 1.807) is 24.4 Å². The first-order valence-electron chi connectivity index (χ1n) is 14.6. The summed E-state index contributed by atoms with van der Waals surface area (Å²) in [4.78, 5) is 17.2. The molecule has 0 radical (unpaired) electrons. The first-order chi connectivity index (χ1) is 22.5. The second-order valence-electron chi connectivity index (χ2n) is 10.9. The minimum atomic E-state index is -0.657.